The molecule has 13 heteroatoms. The number of amides is 1. The lowest BCUT2D eigenvalue weighted by Gasteiger charge is -2.26. The molecule has 0 spiro atoms. The molecule has 0 radical (unpaired) electrons. The molecular weight excluding hydrogens is 427 g/mol. The van der Waals surface area contributed by atoms with E-state index in [4.69, 9.17) is 24.3 Å². The van der Waals surface area contributed by atoms with Crippen molar-refractivity contribution in [1.29, 1.82) is 0 Å². The van der Waals surface area contributed by atoms with E-state index in [1.807, 2.05) is 4.57 Å². The van der Waals surface area contributed by atoms with Crippen LogP contribution in [0.2, 0.25) is 0 Å². The zero-order chi connectivity index (χ0) is 21.9. The van der Waals surface area contributed by atoms with Crippen LogP contribution in [0.4, 0.5) is 10.7 Å². The van der Waals surface area contributed by atoms with E-state index in [0.717, 1.165) is 32.1 Å². The minimum Gasteiger partial charge on any atom is -0.422 e. The molecule has 1 atom stereocenters. The van der Waals surface area contributed by atoms with Crippen LogP contribution < -0.4 is 5.73 Å². The number of hydrogen-bond acceptors (Lipinski definition) is 10. The molecule has 1 aliphatic carbocycles. The summed E-state index contributed by atoms with van der Waals surface area (Å²) in [5, 5.41) is 0. The van der Waals surface area contributed by atoms with Crippen molar-refractivity contribution < 1.29 is 27.9 Å². The molecule has 1 unspecified atom stereocenters. The monoisotopic (exact) mass is 454 g/mol. The van der Waals surface area contributed by atoms with Crippen molar-refractivity contribution in [2.75, 3.05) is 39.1 Å². The van der Waals surface area contributed by atoms with Gasteiger partial charge in [-0.2, -0.15) is 4.98 Å². The minimum absolute atomic E-state index is 0.163. The Morgan fingerprint density at radius 3 is 2.74 bits per heavy atom. The Labute approximate surface area is 179 Å². The maximum absolute atomic E-state index is 12.8. The first kappa shape index (κ1) is 21.9. The molecule has 3 heterocycles. The second kappa shape index (κ2) is 9.07. The third-order valence-electron chi connectivity index (χ3n) is 5.50. The van der Waals surface area contributed by atoms with Gasteiger partial charge in [-0.3, -0.25) is 9.09 Å². The number of piperidine rings is 1. The standard InChI is InChI=1S/C18H27N6O6P/c1-27-31(26,30-12-28-17(25)23-7-3-2-4-8-23)13-29-18(5-6-18)10-24-11-21-14-9-20-16(19)22-15(14)24/h9,11H,2-8,10,12-13H2,1H3,(H2,19,20,22). The Morgan fingerprint density at radius 2 is 2.03 bits per heavy atom. The molecule has 0 bridgehead atoms. The third kappa shape index (κ3) is 5.32. The lowest BCUT2D eigenvalue weighted by atomic mass is 10.1. The van der Waals surface area contributed by atoms with Crippen LogP contribution in [0, 0.1) is 0 Å². The Kier molecular flexibility index (Phi) is 6.42. The van der Waals surface area contributed by atoms with Crippen molar-refractivity contribution in [3.63, 3.8) is 0 Å². The molecule has 2 aliphatic rings. The average Bonchev–Trinajstić information content (AvgIpc) is 3.45. The summed E-state index contributed by atoms with van der Waals surface area (Å²) < 4.78 is 36.0. The van der Waals surface area contributed by atoms with Gasteiger partial charge in [-0.25, -0.2) is 14.8 Å². The van der Waals surface area contributed by atoms with Gasteiger partial charge in [0.05, 0.1) is 24.7 Å². The number of aromatic nitrogens is 4. The van der Waals surface area contributed by atoms with Gasteiger partial charge in [0.25, 0.3) is 0 Å². The van der Waals surface area contributed by atoms with Crippen LogP contribution in [-0.4, -0.2) is 69.5 Å². The van der Waals surface area contributed by atoms with Crippen LogP contribution >= 0.6 is 7.60 Å². The van der Waals surface area contributed by atoms with Gasteiger partial charge in [0.15, 0.2) is 5.65 Å². The van der Waals surface area contributed by atoms with E-state index >= 15 is 0 Å². The molecule has 170 valence electrons. The smallest absolute Gasteiger partial charge is 0.411 e. The molecule has 1 amide bonds. The Hall–Kier alpha value is -2.27. The molecule has 4 rings (SSSR count). The molecule has 2 fully saturated rings. The number of imidazole rings is 1. The molecule has 2 aromatic rings. The van der Waals surface area contributed by atoms with Crippen LogP contribution in [0.3, 0.4) is 0 Å². The van der Waals surface area contributed by atoms with Crippen molar-refractivity contribution in [3.8, 4) is 0 Å². The third-order valence-corrected chi connectivity index (χ3v) is 7.00. The maximum atomic E-state index is 12.8. The Balaban J connectivity index is 1.29. The number of anilines is 1. The van der Waals surface area contributed by atoms with Crippen LogP contribution in [-0.2, 0) is 29.6 Å². The summed E-state index contributed by atoms with van der Waals surface area (Å²) in [5.41, 5.74) is 6.40. The van der Waals surface area contributed by atoms with Crippen LogP contribution in [0.5, 0.6) is 0 Å². The summed E-state index contributed by atoms with van der Waals surface area (Å²) in [6, 6.07) is 0. The van der Waals surface area contributed by atoms with E-state index in [2.05, 4.69) is 15.0 Å². The van der Waals surface area contributed by atoms with E-state index in [9.17, 15) is 9.36 Å². The van der Waals surface area contributed by atoms with E-state index in [1.54, 1.807) is 17.4 Å². The largest absolute Gasteiger partial charge is 0.422 e. The lowest BCUT2D eigenvalue weighted by Crippen LogP contribution is -2.36. The van der Waals surface area contributed by atoms with Crippen molar-refractivity contribution in [2.24, 2.45) is 0 Å². The zero-order valence-corrected chi connectivity index (χ0v) is 18.3. The number of hydrogen-bond donors (Lipinski definition) is 1. The van der Waals surface area contributed by atoms with Gasteiger partial charge in [-0.15, -0.1) is 0 Å². The molecule has 1 saturated carbocycles. The number of nitrogen functional groups attached to an aromatic ring is 1. The molecule has 12 nitrogen and oxygen atoms in total. The van der Waals surface area contributed by atoms with Gasteiger partial charge in [0.2, 0.25) is 12.7 Å². The quantitative estimate of drug-likeness (QED) is 0.443. The second-order valence-corrected chi connectivity index (χ2v) is 9.87. The molecule has 1 aliphatic heterocycles. The molecule has 2 aromatic heterocycles. The van der Waals surface area contributed by atoms with Gasteiger partial charge in [0, 0.05) is 20.2 Å². The molecule has 0 aromatic carbocycles. The predicted molar refractivity (Wildman–Crippen MR) is 110 cm³/mol. The van der Waals surface area contributed by atoms with E-state index in [-0.39, 0.29) is 12.3 Å². The molecule has 2 N–H and O–H groups in total. The zero-order valence-electron chi connectivity index (χ0n) is 17.4. The summed E-state index contributed by atoms with van der Waals surface area (Å²) in [6.07, 6.45) is 7.04. The van der Waals surface area contributed by atoms with E-state index in [1.165, 1.54) is 7.11 Å². The van der Waals surface area contributed by atoms with Crippen molar-refractivity contribution in [1.82, 2.24) is 24.4 Å². The molecule has 31 heavy (non-hydrogen) atoms. The van der Waals surface area contributed by atoms with Crippen molar-refractivity contribution in [3.05, 3.63) is 12.5 Å². The number of nitrogens with two attached hydrogens (primary N) is 1. The average molecular weight is 454 g/mol. The number of carbonyl (C=O) groups excluding carboxylic acids is 1. The van der Waals surface area contributed by atoms with Crippen LogP contribution in [0.15, 0.2) is 12.5 Å². The fourth-order valence-electron chi connectivity index (χ4n) is 3.47. The first-order valence-corrected chi connectivity index (χ1v) is 11.9. The molecule has 1 saturated heterocycles. The fourth-order valence-corrected chi connectivity index (χ4v) is 4.40. The lowest BCUT2D eigenvalue weighted by molar-refractivity contribution is 0.00606. The van der Waals surface area contributed by atoms with Gasteiger partial charge >= 0.3 is 13.7 Å². The summed E-state index contributed by atoms with van der Waals surface area (Å²) in [4.78, 5) is 26.1. The number of nitrogens with zero attached hydrogens (tertiary/aromatic N) is 5. The van der Waals surface area contributed by atoms with E-state index in [0.29, 0.717) is 30.8 Å². The summed E-state index contributed by atoms with van der Waals surface area (Å²) in [7, 11) is -2.31. The fraction of sp³-hybridized carbons (Fsp3) is 0.667. The maximum Gasteiger partial charge on any atom is 0.411 e. The number of ether oxygens (including phenoxy) is 2. The topological polar surface area (TPSA) is 144 Å². The first-order valence-electron chi connectivity index (χ1n) is 10.2. The molecular formula is C18H27N6O6P. The Morgan fingerprint density at radius 1 is 1.26 bits per heavy atom. The highest BCUT2D eigenvalue weighted by atomic mass is 31.2. The highest BCUT2D eigenvalue weighted by molar-refractivity contribution is 7.53. The number of carbonyl (C=O) groups is 1. The van der Waals surface area contributed by atoms with Gasteiger partial charge in [-0.05, 0) is 32.1 Å². The highest BCUT2D eigenvalue weighted by Crippen LogP contribution is 2.51. The van der Waals surface area contributed by atoms with Gasteiger partial charge in [0.1, 0.15) is 11.9 Å². The predicted octanol–water partition coefficient (Wildman–Crippen LogP) is 2.35. The van der Waals surface area contributed by atoms with Crippen LogP contribution in [0.1, 0.15) is 32.1 Å². The second-order valence-electron chi connectivity index (χ2n) is 7.76. The number of rotatable bonds is 9. The number of fused-ring (bicyclic) bond motifs is 1. The SMILES string of the molecule is COP(=O)(COC1(Cn2cnc3cnc(N)nc32)CC1)OCOC(=O)N1CCCCC1. The van der Waals surface area contributed by atoms with Crippen molar-refractivity contribution in [2.45, 2.75) is 44.2 Å². The van der Waals surface area contributed by atoms with Crippen molar-refractivity contribution >= 4 is 30.8 Å². The van der Waals surface area contributed by atoms with Crippen LogP contribution in [0.25, 0.3) is 11.2 Å². The Bertz CT molecular complexity index is 974. The summed E-state index contributed by atoms with van der Waals surface area (Å²) >= 11 is 0. The summed E-state index contributed by atoms with van der Waals surface area (Å²) in [5.74, 6) is 0.163. The van der Waals surface area contributed by atoms with Gasteiger partial charge < -0.3 is 29.2 Å². The number of likely N-dealkylation sites (tertiary alicyclic amines) is 1. The first-order chi connectivity index (χ1) is 14.9. The highest BCUT2D eigenvalue weighted by Gasteiger charge is 2.46. The minimum atomic E-state index is -3.59. The van der Waals surface area contributed by atoms with E-state index < -0.39 is 26.1 Å². The normalized spacial score (nSPS) is 19.8. The summed E-state index contributed by atoms with van der Waals surface area (Å²) in [6.45, 7) is 1.32. The van der Waals surface area contributed by atoms with Gasteiger partial charge in [-0.1, -0.05) is 0 Å².